The van der Waals surface area contributed by atoms with Gasteiger partial charge in [-0.25, -0.2) is 4.39 Å². The second-order valence-electron chi connectivity index (χ2n) is 6.15. The number of nitrogens with zero attached hydrogens (tertiary/aromatic N) is 1. The fourth-order valence-corrected chi connectivity index (χ4v) is 3.87. The lowest BCUT2D eigenvalue weighted by molar-refractivity contribution is 0.101. The van der Waals surface area contributed by atoms with Crippen molar-refractivity contribution < 1.29 is 4.39 Å². The Kier molecular flexibility index (Phi) is 4.69. The number of hydrogen-bond donors (Lipinski definition) is 1. The molecule has 0 unspecified atom stereocenters. The summed E-state index contributed by atoms with van der Waals surface area (Å²) >= 11 is 0. The van der Waals surface area contributed by atoms with E-state index in [1.54, 1.807) is 12.1 Å². The summed E-state index contributed by atoms with van der Waals surface area (Å²) < 4.78 is 14.3. The number of nitrogens with one attached hydrogen (secondary N) is 1. The molecule has 1 aromatic rings. The second-order valence-corrected chi connectivity index (χ2v) is 6.15. The van der Waals surface area contributed by atoms with Gasteiger partial charge in [0.05, 0.1) is 0 Å². The molecule has 1 aliphatic heterocycles. The third-order valence-corrected chi connectivity index (χ3v) is 4.87. The zero-order valence-corrected chi connectivity index (χ0v) is 12.2. The Morgan fingerprint density at radius 2 is 1.75 bits per heavy atom. The number of benzene rings is 1. The summed E-state index contributed by atoms with van der Waals surface area (Å²) in [6.45, 7) is 4.13. The topological polar surface area (TPSA) is 15.3 Å². The Morgan fingerprint density at radius 1 is 1.05 bits per heavy atom. The molecule has 1 heterocycles. The van der Waals surface area contributed by atoms with Gasteiger partial charge in [-0.1, -0.05) is 37.5 Å². The van der Waals surface area contributed by atoms with Crippen molar-refractivity contribution in [2.24, 2.45) is 5.92 Å². The molecule has 1 N–H and O–H groups in total. The highest BCUT2D eigenvalue weighted by atomic mass is 19.1. The van der Waals surface area contributed by atoms with Gasteiger partial charge in [-0.05, 0) is 24.8 Å². The highest BCUT2D eigenvalue weighted by Crippen LogP contribution is 2.39. The van der Waals surface area contributed by atoms with Crippen LogP contribution in [0.3, 0.4) is 0 Å². The maximum absolute atomic E-state index is 14.3. The smallest absolute Gasteiger partial charge is 0.127 e. The molecule has 0 spiro atoms. The summed E-state index contributed by atoms with van der Waals surface area (Å²) in [5.74, 6) is 0.598. The molecule has 0 bridgehead atoms. The molecule has 2 fully saturated rings. The summed E-state index contributed by atoms with van der Waals surface area (Å²) in [5, 5.41) is 3.40. The molecule has 1 aromatic carbocycles. The average molecular weight is 276 g/mol. The van der Waals surface area contributed by atoms with E-state index in [2.05, 4.69) is 10.2 Å². The first-order valence-electron chi connectivity index (χ1n) is 8.05. The Labute approximate surface area is 121 Å². The molecule has 3 heteroatoms. The van der Waals surface area contributed by atoms with Gasteiger partial charge in [0.2, 0.25) is 0 Å². The Bertz CT molecular complexity index is 405. The van der Waals surface area contributed by atoms with E-state index in [9.17, 15) is 4.39 Å². The minimum atomic E-state index is -0.0263. The number of halogens is 1. The standard InChI is InChI=1S/C17H25FN2/c18-16-9-5-4-8-15(16)17(14-6-2-1-3-7-14)20-12-10-19-11-13-20/h4-5,8-9,14,17,19H,1-3,6-7,10-13H2/t17-/m0/s1. The molecule has 110 valence electrons. The van der Waals surface area contributed by atoms with E-state index in [1.807, 2.05) is 12.1 Å². The van der Waals surface area contributed by atoms with Crippen LogP contribution in [0.15, 0.2) is 24.3 Å². The maximum atomic E-state index is 14.3. The van der Waals surface area contributed by atoms with Crippen molar-refractivity contribution in [1.29, 1.82) is 0 Å². The molecule has 1 saturated heterocycles. The quantitative estimate of drug-likeness (QED) is 0.910. The van der Waals surface area contributed by atoms with Gasteiger partial charge in [-0.2, -0.15) is 0 Å². The number of piperazine rings is 1. The van der Waals surface area contributed by atoms with Crippen molar-refractivity contribution in [3.63, 3.8) is 0 Å². The monoisotopic (exact) mass is 276 g/mol. The lowest BCUT2D eigenvalue weighted by Crippen LogP contribution is -2.47. The van der Waals surface area contributed by atoms with Gasteiger partial charge in [-0.15, -0.1) is 0 Å². The first-order chi connectivity index (χ1) is 9.86. The highest BCUT2D eigenvalue weighted by molar-refractivity contribution is 5.22. The van der Waals surface area contributed by atoms with Crippen molar-refractivity contribution >= 4 is 0 Å². The zero-order valence-electron chi connectivity index (χ0n) is 12.2. The van der Waals surface area contributed by atoms with Gasteiger partial charge in [0.1, 0.15) is 5.82 Å². The number of rotatable bonds is 3. The van der Waals surface area contributed by atoms with Crippen LogP contribution >= 0.6 is 0 Å². The molecule has 20 heavy (non-hydrogen) atoms. The first-order valence-corrected chi connectivity index (χ1v) is 8.05. The molecular weight excluding hydrogens is 251 g/mol. The molecule has 0 radical (unpaired) electrons. The van der Waals surface area contributed by atoms with Crippen molar-refractivity contribution in [3.05, 3.63) is 35.6 Å². The molecule has 1 saturated carbocycles. The summed E-state index contributed by atoms with van der Waals surface area (Å²) in [7, 11) is 0. The van der Waals surface area contributed by atoms with E-state index in [0.717, 1.165) is 31.7 Å². The van der Waals surface area contributed by atoms with Gasteiger partial charge >= 0.3 is 0 Å². The van der Waals surface area contributed by atoms with Crippen molar-refractivity contribution in [3.8, 4) is 0 Å². The van der Waals surface area contributed by atoms with Gasteiger partial charge in [0.25, 0.3) is 0 Å². The lowest BCUT2D eigenvalue weighted by atomic mass is 9.80. The van der Waals surface area contributed by atoms with Crippen LogP contribution in [0.2, 0.25) is 0 Å². The van der Waals surface area contributed by atoms with Gasteiger partial charge < -0.3 is 5.32 Å². The molecular formula is C17H25FN2. The Balaban J connectivity index is 1.87. The normalized spacial score (nSPS) is 23.6. The van der Waals surface area contributed by atoms with Crippen LogP contribution in [-0.4, -0.2) is 31.1 Å². The first kappa shape index (κ1) is 14.0. The molecule has 0 amide bonds. The van der Waals surface area contributed by atoms with E-state index >= 15 is 0 Å². The highest BCUT2D eigenvalue weighted by Gasteiger charge is 2.32. The van der Waals surface area contributed by atoms with Crippen molar-refractivity contribution in [2.45, 2.75) is 38.1 Å². The van der Waals surface area contributed by atoms with Gasteiger partial charge in [-0.3, -0.25) is 4.90 Å². The van der Waals surface area contributed by atoms with Crippen LogP contribution in [0.5, 0.6) is 0 Å². The Morgan fingerprint density at radius 3 is 2.45 bits per heavy atom. The lowest BCUT2D eigenvalue weighted by Gasteiger charge is -2.41. The summed E-state index contributed by atoms with van der Waals surface area (Å²) in [4.78, 5) is 2.50. The predicted octanol–water partition coefficient (Wildman–Crippen LogP) is 3.35. The molecule has 3 rings (SSSR count). The van der Waals surface area contributed by atoms with Crippen LogP contribution in [-0.2, 0) is 0 Å². The molecule has 2 aliphatic rings. The minimum Gasteiger partial charge on any atom is -0.314 e. The summed E-state index contributed by atoms with van der Waals surface area (Å²) in [6, 6.07) is 7.67. The van der Waals surface area contributed by atoms with Crippen molar-refractivity contribution in [1.82, 2.24) is 10.2 Å². The van der Waals surface area contributed by atoms with E-state index in [-0.39, 0.29) is 11.9 Å². The molecule has 2 nitrogen and oxygen atoms in total. The third-order valence-electron chi connectivity index (χ3n) is 4.87. The summed E-state index contributed by atoms with van der Waals surface area (Å²) in [5.41, 5.74) is 0.918. The molecule has 0 aromatic heterocycles. The third kappa shape index (κ3) is 3.04. The van der Waals surface area contributed by atoms with E-state index in [4.69, 9.17) is 0 Å². The maximum Gasteiger partial charge on any atom is 0.127 e. The van der Waals surface area contributed by atoms with Crippen LogP contribution in [0.25, 0.3) is 0 Å². The number of hydrogen-bond acceptors (Lipinski definition) is 2. The SMILES string of the molecule is Fc1ccccc1[C@H](C1CCCCC1)N1CCNCC1. The fourth-order valence-electron chi connectivity index (χ4n) is 3.87. The summed E-state index contributed by atoms with van der Waals surface area (Å²) in [6.07, 6.45) is 6.47. The second kappa shape index (κ2) is 6.68. The zero-order chi connectivity index (χ0) is 13.8. The van der Waals surface area contributed by atoms with Crippen LogP contribution < -0.4 is 5.32 Å². The predicted molar refractivity (Wildman–Crippen MR) is 80.2 cm³/mol. The largest absolute Gasteiger partial charge is 0.314 e. The van der Waals surface area contributed by atoms with Crippen LogP contribution in [0.4, 0.5) is 4.39 Å². The molecule has 1 atom stereocenters. The van der Waals surface area contributed by atoms with Gasteiger partial charge in [0.15, 0.2) is 0 Å². The van der Waals surface area contributed by atoms with Gasteiger partial charge in [0, 0.05) is 37.8 Å². The van der Waals surface area contributed by atoms with E-state index in [1.165, 1.54) is 32.1 Å². The van der Waals surface area contributed by atoms with Crippen molar-refractivity contribution in [2.75, 3.05) is 26.2 Å². The minimum absolute atomic E-state index is 0.0263. The van der Waals surface area contributed by atoms with E-state index < -0.39 is 0 Å². The molecule has 1 aliphatic carbocycles. The fraction of sp³-hybridized carbons (Fsp3) is 0.647. The average Bonchev–Trinajstić information content (AvgIpc) is 2.52. The van der Waals surface area contributed by atoms with E-state index in [0.29, 0.717) is 5.92 Å². The Hall–Kier alpha value is -0.930. The van der Waals surface area contributed by atoms with Crippen LogP contribution in [0.1, 0.15) is 43.7 Å². The van der Waals surface area contributed by atoms with Crippen LogP contribution in [0, 0.1) is 11.7 Å².